The van der Waals surface area contributed by atoms with Crippen LogP contribution < -0.4 is 14.0 Å². The van der Waals surface area contributed by atoms with E-state index >= 15 is 0 Å². The molecule has 0 fully saturated rings. The van der Waals surface area contributed by atoms with Gasteiger partial charge in [0.05, 0.1) is 16.9 Å². The fourth-order valence-corrected chi connectivity index (χ4v) is 20.0. The molecular weight excluding hydrogens is 1570 g/mol. The molecule has 0 heterocycles. The molecule has 0 spiro atoms. The molecule has 0 amide bonds. The number of methoxy groups -OCH3 is 1. The molecule has 19 aromatic rings. The lowest BCUT2D eigenvalue weighted by Crippen LogP contribution is -2.35. The number of para-hydroxylation sites is 1. The number of benzene rings is 19. The third-order valence-electron chi connectivity index (χ3n) is 21.7. The van der Waals surface area contributed by atoms with E-state index in [2.05, 4.69) is 176 Å². The van der Waals surface area contributed by atoms with Crippen LogP contribution in [0.3, 0.4) is 0 Å². The van der Waals surface area contributed by atoms with Gasteiger partial charge in [0, 0.05) is 4.90 Å². The second-order valence-corrected chi connectivity index (χ2v) is 34.4. The van der Waals surface area contributed by atoms with Gasteiger partial charge < -0.3 is 23.1 Å². The zero-order valence-electron chi connectivity index (χ0n) is 64.3. The van der Waals surface area contributed by atoms with E-state index in [9.17, 15) is 39.5 Å². The van der Waals surface area contributed by atoms with Gasteiger partial charge >= 0.3 is 10.1 Å². The van der Waals surface area contributed by atoms with Crippen molar-refractivity contribution >= 4 is 128 Å². The first-order valence-electron chi connectivity index (χ1n) is 38.2. The number of hydrogen-bond donors (Lipinski definition) is 0. The van der Waals surface area contributed by atoms with E-state index in [1.807, 2.05) is 115 Å². The molecule has 0 unspecified atom stereocenters. The van der Waals surface area contributed by atoms with Crippen LogP contribution in [0.2, 0.25) is 0 Å². The first-order chi connectivity index (χ1) is 57.1. The summed E-state index contributed by atoms with van der Waals surface area (Å²) in [5.74, 6) is 0.219. The van der Waals surface area contributed by atoms with Gasteiger partial charge in [0.1, 0.15) is 36.6 Å². The van der Waals surface area contributed by atoms with Crippen LogP contribution in [0, 0.1) is 0 Å². The molecule has 120 heavy (non-hydrogen) atoms. The Bertz CT molecular complexity index is 7430. The molecule has 0 aliphatic rings. The van der Waals surface area contributed by atoms with E-state index in [4.69, 9.17) is 8.92 Å². The molecule has 0 aliphatic heterocycles. The highest BCUT2D eigenvalue weighted by molar-refractivity contribution is 7.99. The number of rotatable bonds is 15. The lowest BCUT2D eigenvalue weighted by atomic mass is 9.84. The summed E-state index contributed by atoms with van der Waals surface area (Å²) < 4.78 is 109. The van der Waals surface area contributed by atoms with Crippen LogP contribution in [-0.4, -0.2) is 47.7 Å². The van der Waals surface area contributed by atoms with Gasteiger partial charge in [-0.1, -0.05) is 344 Å². The molecule has 0 aliphatic carbocycles. The number of ether oxygens (including phenoxy) is 1. The van der Waals surface area contributed by atoms with Gasteiger partial charge in [-0.25, -0.2) is 16.8 Å². The van der Waals surface area contributed by atoms with Crippen LogP contribution in [0.4, 0.5) is 0 Å². The Labute approximate surface area is 703 Å². The Hall–Kier alpha value is -13.1. The van der Waals surface area contributed by atoms with E-state index in [1.54, 1.807) is 66.9 Å². The minimum atomic E-state index is -4.66. The van der Waals surface area contributed by atoms with Crippen LogP contribution >= 0.6 is 11.8 Å². The van der Waals surface area contributed by atoms with Crippen LogP contribution in [0.15, 0.2) is 390 Å². The summed E-state index contributed by atoms with van der Waals surface area (Å²) in [6.45, 7) is 2.96. The van der Waals surface area contributed by atoms with Crippen molar-refractivity contribution in [3.05, 3.63) is 376 Å². The predicted molar refractivity (Wildman–Crippen MR) is 492 cm³/mol. The molecule has 0 atom stereocenters. The highest BCUT2D eigenvalue weighted by Gasteiger charge is 2.28. The average Bonchev–Trinajstić information content (AvgIpc) is 0.732. The Morgan fingerprint density at radius 3 is 0.992 bits per heavy atom. The van der Waals surface area contributed by atoms with Gasteiger partial charge in [0.2, 0.25) is 0 Å². The van der Waals surface area contributed by atoms with E-state index < -0.39 is 36.0 Å². The van der Waals surface area contributed by atoms with Crippen molar-refractivity contribution in [2.24, 2.45) is 0 Å². The van der Waals surface area contributed by atoms with Crippen molar-refractivity contribution in [1.29, 1.82) is 0 Å². The van der Waals surface area contributed by atoms with Gasteiger partial charge in [-0.15, -0.1) is 11.8 Å². The smallest absolute Gasteiger partial charge is 0.339 e. The largest absolute Gasteiger partial charge is 0.846 e. The molecule has 0 saturated heterocycles. The quantitative estimate of drug-likeness (QED) is 0.0409. The maximum absolute atomic E-state index is 13.6. The zero-order valence-corrected chi connectivity index (χ0v) is 67.6. The summed E-state index contributed by atoms with van der Waals surface area (Å²) in [6, 6.07) is 121. The van der Waals surface area contributed by atoms with Crippen molar-refractivity contribution in [2.45, 2.75) is 53.9 Å². The Kier molecular flexibility index (Phi) is 23.1. The molecule has 19 aromatic carbocycles. The summed E-state index contributed by atoms with van der Waals surface area (Å²) in [5, 5.41) is 31.1. The van der Waals surface area contributed by atoms with E-state index in [1.165, 1.54) is 77.8 Å². The standard InChI is InChI=1S/C39H29O4S.C33H24O4S.C31H22O3S2.2CH4/c1-39(2,40)35-25-29(22-23-36(35)44(41,42)43-30-14-4-3-5-15-30)38-33-18-10-8-16-31(33)37(32-17-9-11-19-34(32)38)28-21-20-26-12-6-7-13-27(26)24-28;1-37-30-21-25(17-19-31(30)38(34,35)36)24-16-18-28-29(20-24)33(23-12-6-3-7-13-23)27-15-9-8-14-26(27)32(28)22-10-4-2-5-11-22;1-35-28-17-16-23(19-29(28)36(32,33)34)31-26-12-6-4-10-24(26)30(25-11-5-7-13-27(25)31)22-15-14-20-8-2-3-9-21(20)18-22;;/h3-25H,1-2H3;2-21H,1H3,(H,34,35,36);2-19H,1H3,(H,32,33,34);2*1H4/q-1;;;;/p-2. The van der Waals surface area contributed by atoms with Crippen LogP contribution in [-0.2, 0) is 36.0 Å². The topological polar surface area (TPSA) is 190 Å². The molecule has 0 aromatic heterocycles. The van der Waals surface area contributed by atoms with Gasteiger partial charge in [-0.05, 0) is 237 Å². The highest BCUT2D eigenvalue weighted by atomic mass is 32.2. The molecule has 19 rings (SSSR count). The molecule has 594 valence electrons. The fraction of sp³-hybridized carbons (Fsp3) is 0.0667. The lowest BCUT2D eigenvalue weighted by Gasteiger charge is -2.34. The SMILES string of the molecule is C.C.CC(C)([O-])c1cc(-c2c3ccccc3c(-c3ccc4ccccc4c3)c3ccccc23)ccc1S(=O)(=O)Oc1ccccc1.COc1cc(-c2ccc3c(-c4ccccc4)c4ccccc4c(-c4ccccc4)c3c2)ccc1S(=O)(=O)[O-].CSc1ccc(-c2c3ccccc3c(-c3ccc4ccccc4c3)c3ccccc23)cc1S(=O)(=O)[O-]. The summed E-state index contributed by atoms with van der Waals surface area (Å²) in [6.07, 6.45) is 1.77. The van der Waals surface area contributed by atoms with Crippen molar-refractivity contribution in [3.63, 3.8) is 0 Å². The van der Waals surface area contributed by atoms with Crippen molar-refractivity contribution in [2.75, 3.05) is 13.4 Å². The molecule has 0 N–H and O–H groups in total. The van der Waals surface area contributed by atoms with Crippen LogP contribution in [0.25, 0.3) is 164 Å². The second-order valence-electron chi connectivity index (χ2n) is 29.3. The van der Waals surface area contributed by atoms with E-state index in [-0.39, 0.29) is 46.6 Å². The molecule has 15 heteroatoms. The third-order valence-corrected chi connectivity index (χ3v) is 25.7. The molecule has 11 nitrogen and oxygen atoms in total. The van der Waals surface area contributed by atoms with Gasteiger partial charge in [-0.3, -0.25) is 0 Å². The number of thioether (sulfide) groups is 1. The van der Waals surface area contributed by atoms with Crippen molar-refractivity contribution < 1.29 is 48.4 Å². The first kappa shape index (κ1) is 82.1. The summed E-state index contributed by atoms with van der Waals surface area (Å²) in [4.78, 5) is -0.229. The molecule has 0 radical (unpaired) electrons. The normalized spacial score (nSPS) is 11.7. The Balaban J connectivity index is 0.000000140. The number of hydrogen-bond acceptors (Lipinski definition) is 12. The van der Waals surface area contributed by atoms with Crippen molar-refractivity contribution in [3.8, 4) is 89.4 Å². The second kappa shape index (κ2) is 33.7. The maximum atomic E-state index is 13.6. The minimum Gasteiger partial charge on any atom is -0.846 e. The molecule has 0 bridgehead atoms. The van der Waals surface area contributed by atoms with Gasteiger partial charge in [-0.2, -0.15) is 8.42 Å². The average molecular weight is 1650 g/mol. The number of fused-ring (bicyclic) bond motifs is 8. The summed E-state index contributed by atoms with van der Waals surface area (Å²) in [7, 11) is -12.2. The summed E-state index contributed by atoms with van der Waals surface area (Å²) >= 11 is 1.25. The Morgan fingerprint density at radius 2 is 0.592 bits per heavy atom. The lowest BCUT2D eigenvalue weighted by molar-refractivity contribution is -0.475. The van der Waals surface area contributed by atoms with Crippen LogP contribution in [0.5, 0.6) is 11.5 Å². The van der Waals surface area contributed by atoms with Crippen LogP contribution in [0.1, 0.15) is 34.3 Å². The monoisotopic (exact) mass is 1650 g/mol. The van der Waals surface area contributed by atoms with E-state index in [0.717, 1.165) is 132 Å². The molecular formula is C105H81O11S4-3. The summed E-state index contributed by atoms with van der Waals surface area (Å²) in [5.41, 5.74) is 12.4. The molecule has 0 saturated carbocycles. The minimum absolute atomic E-state index is 0. The highest BCUT2D eigenvalue weighted by Crippen LogP contribution is 2.50. The van der Waals surface area contributed by atoms with Gasteiger partial charge in [0.25, 0.3) is 0 Å². The van der Waals surface area contributed by atoms with E-state index in [0.29, 0.717) is 10.5 Å². The zero-order chi connectivity index (χ0) is 81.6. The predicted octanol–water partition coefficient (Wildman–Crippen LogP) is 26.1. The van der Waals surface area contributed by atoms with Crippen molar-refractivity contribution in [1.82, 2.24) is 0 Å². The first-order valence-corrected chi connectivity index (χ1v) is 43.6. The third kappa shape index (κ3) is 15.9. The van der Waals surface area contributed by atoms with Gasteiger partial charge in [0.15, 0.2) is 0 Å². The maximum Gasteiger partial charge on any atom is 0.339 e. The fourth-order valence-electron chi connectivity index (χ4n) is 16.5. The Morgan fingerprint density at radius 1 is 0.283 bits per heavy atom.